The number of nitriles is 1. The summed E-state index contributed by atoms with van der Waals surface area (Å²) >= 11 is 8.74. The van der Waals surface area contributed by atoms with E-state index in [9.17, 15) is 10.1 Å². The Bertz CT molecular complexity index is 1060. The highest BCUT2D eigenvalue weighted by Gasteiger charge is 2.23. The zero-order chi connectivity index (χ0) is 19.5. The van der Waals surface area contributed by atoms with Crippen molar-refractivity contribution >= 4 is 45.6 Å². The molecule has 0 spiro atoms. The number of thiophene rings is 1. The monoisotopic (exact) mass is 426 g/mol. The SMILES string of the molecule is N#Cc1c(NC(=O)CSc2ccc(-c3ccc(Cl)cc3)nn2)sc2c1CCC2. The number of rotatable bonds is 5. The number of hydrogen-bond donors (Lipinski definition) is 1. The number of aryl methyl sites for hydroxylation is 1. The van der Waals surface area contributed by atoms with Gasteiger partial charge in [0.25, 0.3) is 0 Å². The number of fused-ring (bicyclic) bond motifs is 1. The zero-order valence-corrected chi connectivity index (χ0v) is 17.1. The number of halogens is 1. The molecule has 0 bridgehead atoms. The summed E-state index contributed by atoms with van der Waals surface area (Å²) in [5.41, 5.74) is 3.42. The molecule has 1 N–H and O–H groups in total. The number of anilines is 1. The van der Waals surface area contributed by atoms with E-state index < -0.39 is 0 Å². The summed E-state index contributed by atoms with van der Waals surface area (Å²) in [6.07, 6.45) is 3.01. The van der Waals surface area contributed by atoms with Gasteiger partial charge in [-0.15, -0.1) is 21.5 Å². The summed E-state index contributed by atoms with van der Waals surface area (Å²) in [5, 5.41) is 22.7. The van der Waals surface area contributed by atoms with Gasteiger partial charge in [0, 0.05) is 15.5 Å². The Morgan fingerprint density at radius 2 is 2.04 bits per heavy atom. The van der Waals surface area contributed by atoms with Gasteiger partial charge in [-0.05, 0) is 49.1 Å². The van der Waals surface area contributed by atoms with E-state index in [0.717, 1.165) is 36.1 Å². The Labute approximate surface area is 175 Å². The lowest BCUT2D eigenvalue weighted by atomic mass is 10.1. The average molecular weight is 427 g/mol. The van der Waals surface area contributed by atoms with Crippen molar-refractivity contribution in [1.29, 1.82) is 5.26 Å². The molecule has 4 rings (SSSR count). The van der Waals surface area contributed by atoms with Gasteiger partial charge in [-0.1, -0.05) is 35.5 Å². The summed E-state index contributed by atoms with van der Waals surface area (Å²) < 4.78 is 0. The zero-order valence-electron chi connectivity index (χ0n) is 14.7. The molecule has 28 heavy (non-hydrogen) atoms. The number of benzene rings is 1. The molecule has 1 aromatic carbocycles. The molecule has 3 aromatic rings. The maximum absolute atomic E-state index is 12.3. The summed E-state index contributed by atoms with van der Waals surface area (Å²) in [5.74, 6) is 0.0626. The van der Waals surface area contributed by atoms with Crippen LogP contribution < -0.4 is 5.32 Å². The van der Waals surface area contributed by atoms with E-state index in [2.05, 4.69) is 21.6 Å². The van der Waals surface area contributed by atoms with Crippen LogP contribution in [0.15, 0.2) is 41.4 Å². The van der Waals surface area contributed by atoms with Gasteiger partial charge in [0.15, 0.2) is 0 Å². The van der Waals surface area contributed by atoms with Crippen molar-refractivity contribution in [3.8, 4) is 17.3 Å². The number of carbonyl (C=O) groups is 1. The molecule has 0 unspecified atom stereocenters. The first-order valence-electron chi connectivity index (χ1n) is 8.71. The van der Waals surface area contributed by atoms with E-state index in [1.165, 1.54) is 28.0 Å². The molecule has 0 saturated carbocycles. The van der Waals surface area contributed by atoms with E-state index in [1.54, 1.807) is 0 Å². The normalized spacial score (nSPS) is 12.4. The summed E-state index contributed by atoms with van der Waals surface area (Å²) in [7, 11) is 0. The first-order valence-corrected chi connectivity index (χ1v) is 10.9. The lowest BCUT2D eigenvalue weighted by molar-refractivity contribution is -0.113. The first-order chi connectivity index (χ1) is 13.6. The third kappa shape index (κ3) is 4.04. The molecule has 0 fully saturated rings. The summed E-state index contributed by atoms with van der Waals surface area (Å²) in [4.78, 5) is 13.5. The molecule has 8 heteroatoms. The van der Waals surface area contributed by atoms with Crippen molar-refractivity contribution in [2.45, 2.75) is 24.3 Å². The molecule has 140 valence electrons. The Morgan fingerprint density at radius 3 is 2.75 bits per heavy atom. The molecule has 0 radical (unpaired) electrons. The Hall–Kier alpha value is -2.40. The van der Waals surface area contributed by atoms with Crippen molar-refractivity contribution in [2.24, 2.45) is 0 Å². The van der Waals surface area contributed by atoms with E-state index >= 15 is 0 Å². The Balaban J connectivity index is 1.36. The van der Waals surface area contributed by atoms with Crippen molar-refractivity contribution in [3.63, 3.8) is 0 Å². The molecular formula is C20H15ClN4OS2. The molecule has 2 aromatic heterocycles. The lowest BCUT2D eigenvalue weighted by Crippen LogP contribution is -2.14. The van der Waals surface area contributed by atoms with Gasteiger partial charge in [0.2, 0.25) is 5.91 Å². The number of thioether (sulfide) groups is 1. The van der Waals surface area contributed by atoms with Gasteiger partial charge in [-0.3, -0.25) is 4.79 Å². The van der Waals surface area contributed by atoms with Crippen LogP contribution >= 0.6 is 34.7 Å². The van der Waals surface area contributed by atoms with Crippen LogP contribution in [0.4, 0.5) is 5.00 Å². The van der Waals surface area contributed by atoms with Crippen molar-refractivity contribution in [1.82, 2.24) is 10.2 Å². The minimum atomic E-state index is -0.148. The minimum absolute atomic E-state index is 0.148. The average Bonchev–Trinajstić information content (AvgIpc) is 3.28. The van der Waals surface area contributed by atoms with Crippen LogP contribution in [0.5, 0.6) is 0 Å². The van der Waals surface area contributed by atoms with Crippen molar-refractivity contribution < 1.29 is 4.79 Å². The fourth-order valence-electron chi connectivity index (χ4n) is 3.08. The third-order valence-electron chi connectivity index (χ3n) is 4.42. The van der Waals surface area contributed by atoms with Crippen LogP contribution in [0.1, 0.15) is 22.4 Å². The Kier molecular flexibility index (Phi) is 5.62. The molecule has 1 aliphatic carbocycles. The van der Waals surface area contributed by atoms with E-state index in [-0.39, 0.29) is 11.7 Å². The number of amides is 1. The van der Waals surface area contributed by atoms with Gasteiger partial charge >= 0.3 is 0 Å². The fourth-order valence-corrected chi connectivity index (χ4v) is 5.08. The number of carbonyl (C=O) groups excluding carboxylic acids is 1. The number of aromatic nitrogens is 2. The fraction of sp³-hybridized carbons (Fsp3) is 0.200. The summed E-state index contributed by atoms with van der Waals surface area (Å²) in [6.45, 7) is 0. The summed E-state index contributed by atoms with van der Waals surface area (Å²) in [6, 6.07) is 13.3. The molecule has 0 atom stereocenters. The highest BCUT2D eigenvalue weighted by Crippen LogP contribution is 2.38. The van der Waals surface area contributed by atoms with Crippen molar-refractivity contribution in [2.75, 3.05) is 11.1 Å². The van der Waals surface area contributed by atoms with Crippen LogP contribution in [-0.4, -0.2) is 21.9 Å². The minimum Gasteiger partial charge on any atom is -0.316 e. The van der Waals surface area contributed by atoms with E-state index in [4.69, 9.17) is 11.6 Å². The van der Waals surface area contributed by atoms with E-state index in [0.29, 0.717) is 20.6 Å². The number of hydrogen-bond acceptors (Lipinski definition) is 6. The first kappa shape index (κ1) is 18.9. The van der Waals surface area contributed by atoms with Gasteiger partial charge in [-0.25, -0.2) is 0 Å². The second kappa shape index (κ2) is 8.31. The maximum atomic E-state index is 12.3. The van der Waals surface area contributed by atoms with Gasteiger partial charge in [0.1, 0.15) is 16.1 Å². The van der Waals surface area contributed by atoms with Gasteiger partial charge in [-0.2, -0.15) is 5.26 Å². The van der Waals surface area contributed by atoms with Crippen LogP contribution in [0.3, 0.4) is 0 Å². The van der Waals surface area contributed by atoms with Crippen LogP contribution in [-0.2, 0) is 17.6 Å². The lowest BCUT2D eigenvalue weighted by Gasteiger charge is -2.04. The largest absolute Gasteiger partial charge is 0.316 e. The third-order valence-corrected chi connectivity index (χ3v) is 6.80. The molecule has 1 aliphatic rings. The second-order valence-corrected chi connectivity index (χ2v) is 8.81. The van der Waals surface area contributed by atoms with E-state index in [1.807, 2.05) is 36.4 Å². The van der Waals surface area contributed by atoms with Crippen LogP contribution in [0.2, 0.25) is 5.02 Å². The van der Waals surface area contributed by atoms with Crippen molar-refractivity contribution in [3.05, 3.63) is 57.4 Å². The van der Waals surface area contributed by atoms with Gasteiger partial charge in [0.05, 0.1) is 17.0 Å². The van der Waals surface area contributed by atoms with Crippen LogP contribution in [0.25, 0.3) is 11.3 Å². The molecule has 0 saturated heterocycles. The van der Waals surface area contributed by atoms with Gasteiger partial charge < -0.3 is 5.32 Å². The predicted octanol–water partition coefficient (Wildman–Crippen LogP) is 4.95. The highest BCUT2D eigenvalue weighted by atomic mass is 35.5. The number of nitrogens with one attached hydrogen (secondary N) is 1. The molecular weight excluding hydrogens is 412 g/mol. The predicted molar refractivity (Wildman–Crippen MR) is 113 cm³/mol. The molecule has 1 amide bonds. The molecule has 0 aliphatic heterocycles. The number of nitrogens with zero attached hydrogens (tertiary/aromatic N) is 3. The molecule has 2 heterocycles. The smallest absolute Gasteiger partial charge is 0.235 e. The quantitative estimate of drug-likeness (QED) is 0.584. The van der Waals surface area contributed by atoms with Crippen LogP contribution in [0, 0.1) is 11.3 Å². The topological polar surface area (TPSA) is 78.7 Å². The standard InChI is InChI=1S/C20H15ClN4OS2/c21-13-6-4-12(5-7-13)16-8-9-19(25-24-16)27-11-18(26)23-20-15(10-22)14-2-1-3-17(14)28-20/h4-9H,1-3,11H2,(H,23,26). The Morgan fingerprint density at radius 1 is 1.21 bits per heavy atom. The highest BCUT2D eigenvalue weighted by molar-refractivity contribution is 7.99. The second-order valence-electron chi connectivity index (χ2n) is 6.27. The molecule has 5 nitrogen and oxygen atoms in total. The maximum Gasteiger partial charge on any atom is 0.235 e.